The predicted molar refractivity (Wildman–Crippen MR) is 67.2 cm³/mol. The minimum Gasteiger partial charge on any atom is -0.390 e. The Bertz CT molecular complexity index is 605. The Morgan fingerprint density at radius 2 is 1.94 bits per heavy atom. The van der Waals surface area contributed by atoms with Crippen molar-refractivity contribution in [3.8, 4) is 0 Å². The van der Waals surface area contributed by atoms with Gasteiger partial charge in [0, 0.05) is 18.4 Å². The van der Waals surface area contributed by atoms with Crippen LogP contribution in [0, 0.1) is 0 Å². The van der Waals surface area contributed by atoms with Crippen LogP contribution in [0.1, 0.15) is 11.3 Å². The minimum absolute atomic E-state index is 0.127. The van der Waals surface area contributed by atoms with E-state index in [1.165, 1.54) is 12.3 Å². The molecule has 2 aromatic rings. The molecule has 1 aromatic heterocycles. The third-order valence-corrected chi connectivity index (χ3v) is 3.89. The zero-order valence-corrected chi connectivity index (χ0v) is 10.4. The topological polar surface area (TPSA) is 82.2 Å². The van der Waals surface area contributed by atoms with E-state index in [1.807, 2.05) is 30.3 Å². The van der Waals surface area contributed by atoms with E-state index in [2.05, 4.69) is 9.71 Å². The SMILES string of the molecule is O=S(=O)(NCc1ccccc1)c1c[nH]c(CO)c1. The molecule has 0 fully saturated rings. The van der Waals surface area contributed by atoms with Crippen LogP contribution in [0.25, 0.3) is 0 Å². The fraction of sp³-hybridized carbons (Fsp3) is 0.167. The van der Waals surface area contributed by atoms with Crippen LogP contribution in [0.5, 0.6) is 0 Å². The van der Waals surface area contributed by atoms with Crippen LogP contribution < -0.4 is 4.72 Å². The monoisotopic (exact) mass is 266 g/mol. The number of aromatic nitrogens is 1. The summed E-state index contributed by atoms with van der Waals surface area (Å²) in [5.41, 5.74) is 1.36. The third-order valence-electron chi connectivity index (χ3n) is 2.51. The Morgan fingerprint density at radius 1 is 1.22 bits per heavy atom. The van der Waals surface area contributed by atoms with Crippen molar-refractivity contribution in [2.75, 3.05) is 0 Å². The molecule has 0 atom stereocenters. The lowest BCUT2D eigenvalue weighted by Gasteiger charge is -2.04. The van der Waals surface area contributed by atoms with Gasteiger partial charge in [-0.25, -0.2) is 13.1 Å². The van der Waals surface area contributed by atoms with Crippen LogP contribution in [-0.2, 0) is 23.2 Å². The zero-order valence-electron chi connectivity index (χ0n) is 9.63. The Morgan fingerprint density at radius 3 is 2.56 bits per heavy atom. The summed E-state index contributed by atoms with van der Waals surface area (Å²) in [6.45, 7) is 0.0248. The van der Waals surface area contributed by atoms with Gasteiger partial charge in [-0.15, -0.1) is 0 Å². The number of benzene rings is 1. The van der Waals surface area contributed by atoms with Crippen LogP contribution in [0.2, 0.25) is 0 Å². The van der Waals surface area contributed by atoms with Gasteiger partial charge in [0.05, 0.1) is 11.5 Å². The molecule has 2 rings (SSSR count). The molecule has 0 saturated heterocycles. The van der Waals surface area contributed by atoms with Crippen molar-refractivity contribution in [3.63, 3.8) is 0 Å². The molecule has 18 heavy (non-hydrogen) atoms. The molecule has 0 radical (unpaired) electrons. The van der Waals surface area contributed by atoms with E-state index in [1.54, 1.807) is 0 Å². The number of aliphatic hydroxyl groups is 1. The molecule has 0 spiro atoms. The van der Waals surface area contributed by atoms with Crippen molar-refractivity contribution >= 4 is 10.0 Å². The molecule has 0 amide bonds. The number of H-pyrrole nitrogens is 1. The molecule has 3 N–H and O–H groups in total. The third kappa shape index (κ3) is 2.98. The fourth-order valence-electron chi connectivity index (χ4n) is 1.52. The largest absolute Gasteiger partial charge is 0.390 e. The van der Waals surface area contributed by atoms with Crippen LogP contribution in [-0.4, -0.2) is 18.5 Å². The van der Waals surface area contributed by atoms with Gasteiger partial charge >= 0.3 is 0 Å². The van der Waals surface area contributed by atoms with Gasteiger partial charge in [-0.05, 0) is 11.6 Å². The molecule has 0 saturated carbocycles. The van der Waals surface area contributed by atoms with Crippen molar-refractivity contribution < 1.29 is 13.5 Å². The number of hydrogen-bond acceptors (Lipinski definition) is 3. The summed E-state index contributed by atoms with van der Waals surface area (Å²) in [4.78, 5) is 2.82. The Labute approximate surface area is 106 Å². The lowest BCUT2D eigenvalue weighted by Crippen LogP contribution is -2.22. The van der Waals surface area contributed by atoms with Crippen LogP contribution in [0.15, 0.2) is 47.5 Å². The minimum atomic E-state index is -3.54. The van der Waals surface area contributed by atoms with Gasteiger partial charge in [-0.2, -0.15) is 0 Å². The number of nitrogens with one attached hydrogen (secondary N) is 2. The average molecular weight is 266 g/mol. The second kappa shape index (κ2) is 5.34. The van der Waals surface area contributed by atoms with E-state index < -0.39 is 10.0 Å². The zero-order chi connectivity index (χ0) is 13.0. The van der Waals surface area contributed by atoms with E-state index in [9.17, 15) is 8.42 Å². The Hall–Kier alpha value is -1.63. The fourth-order valence-corrected chi connectivity index (χ4v) is 2.56. The Kier molecular flexibility index (Phi) is 3.81. The highest BCUT2D eigenvalue weighted by Gasteiger charge is 2.15. The second-order valence-corrected chi connectivity index (χ2v) is 5.60. The molecule has 0 aliphatic heterocycles. The van der Waals surface area contributed by atoms with E-state index in [0.717, 1.165) is 5.56 Å². The normalized spacial score (nSPS) is 11.6. The molecule has 96 valence electrons. The van der Waals surface area contributed by atoms with E-state index in [4.69, 9.17) is 5.11 Å². The van der Waals surface area contributed by atoms with Crippen LogP contribution in [0.4, 0.5) is 0 Å². The molecule has 1 heterocycles. The lowest BCUT2D eigenvalue weighted by atomic mass is 10.2. The number of rotatable bonds is 5. The van der Waals surface area contributed by atoms with Gasteiger partial charge in [0.1, 0.15) is 0 Å². The average Bonchev–Trinajstić information content (AvgIpc) is 2.87. The maximum absolute atomic E-state index is 11.9. The smallest absolute Gasteiger partial charge is 0.242 e. The van der Waals surface area contributed by atoms with E-state index in [-0.39, 0.29) is 18.0 Å². The molecular weight excluding hydrogens is 252 g/mol. The summed E-state index contributed by atoms with van der Waals surface area (Å²) in [6, 6.07) is 10.7. The highest BCUT2D eigenvalue weighted by atomic mass is 32.2. The lowest BCUT2D eigenvalue weighted by molar-refractivity contribution is 0.277. The van der Waals surface area contributed by atoms with Crippen molar-refractivity contribution in [3.05, 3.63) is 53.9 Å². The Balaban J connectivity index is 2.08. The van der Waals surface area contributed by atoms with Gasteiger partial charge in [0.15, 0.2) is 0 Å². The van der Waals surface area contributed by atoms with Gasteiger partial charge in [0.25, 0.3) is 0 Å². The summed E-state index contributed by atoms with van der Waals surface area (Å²) in [5.74, 6) is 0. The van der Waals surface area contributed by atoms with E-state index in [0.29, 0.717) is 5.69 Å². The van der Waals surface area contributed by atoms with Crippen LogP contribution in [0.3, 0.4) is 0 Å². The highest BCUT2D eigenvalue weighted by molar-refractivity contribution is 7.89. The maximum atomic E-state index is 11.9. The number of hydrogen-bond donors (Lipinski definition) is 3. The van der Waals surface area contributed by atoms with Crippen molar-refractivity contribution in [1.29, 1.82) is 0 Å². The maximum Gasteiger partial charge on any atom is 0.242 e. The van der Waals surface area contributed by atoms with Crippen molar-refractivity contribution in [2.45, 2.75) is 18.0 Å². The molecule has 0 aliphatic carbocycles. The number of aliphatic hydroxyl groups excluding tert-OH is 1. The van der Waals surface area contributed by atoms with E-state index >= 15 is 0 Å². The number of aromatic amines is 1. The molecule has 6 heteroatoms. The van der Waals surface area contributed by atoms with Gasteiger partial charge < -0.3 is 10.1 Å². The van der Waals surface area contributed by atoms with Gasteiger partial charge in [-0.1, -0.05) is 30.3 Å². The summed E-state index contributed by atoms with van der Waals surface area (Å²) >= 11 is 0. The summed E-state index contributed by atoms with van der Waals surface area (Å²) in [6.07, 6.45) is 1.36. The molecule has 5 nitrogen and oxygen atoms in total. The first-order valence-corrected chi connectivity index (χ1v) is 6.92. The quantitative estimate of drug-likeness (QED) is 0.754. The first-order chi connectivity index (χ1) is 8.62. The summed E-state index contributed by atoms with van der Waals surface area (Å²) in [7, 11) is -3.54. The van der Waals surface area contributed by atoms with Crippen molar-refractivity contribution in [1.82, 2.24) is 9.71 Å². The molecular formula is C12H14N2O3S. The standard InChI is InChI=1S/C12H14N2O3S/c15-9-11-6-12(8-13-11)18(16,17)14-7-10-4-2-1-3-5-10/h1-6,8,13-15H,7,9H2. The highest BCUT2D eigenvalue weighted by Crippen LogP contribution is 2.11. The second-order valence-electron chi connectivity index (χ2n) is 3.83. The molecule has 0 aliphatic rings. The molecule has 0 bridgehead atoms. The number of sulfonamides is 1. The van der Waals surface area contributed by atoms with Crippen LogP contribution >= 0.6 is 0 Å². The predicted octanol–water partition coefficient (Wildman–Crippen LogP) is 0.986. The molecule has 1 aromatic carbocycles. The summed E-state index contributed by atoms with van der Waals surface area (Å²) in [5, 5.41) is 8.88. The first kappa shape index (κ1) is 12.8. The van der Waals surface area contributed by atoms with Gasteiger partial charge in [0.2, 0.25) is 10.0 Å². The first-order valence-electron chi connectivity index (χ1n) is 5.43. The van der Waals surface area contributed by atoms with Crippen molar-refractivity contribution in [2.24, 2.45) is 0 Å². The summed E-state index contributed by atoms with van der Waals surface area (Å²) < 4.78 is 26.3. The molecule has 0 unspecified atom stereocenters. The van der Waals surface area contributed by atoms with Gasteiger partial charge in [-0.3, -0.25) is 0 Å².